The number of hydrogen-bond acceptors (Lipinski definition) is 7. The van der Waals surface area contributed by atoms with Gasteiger partial charge in [0.25, 0.3) is 5.91 Å². The van der Waals surface area contributed by atoms with Gasteiger partial charge in [0.2, 0.25) is 5.13 Å². The number of nitro benzene ring substituents is 1. The third-order valence-electron chi connectivity index (χ3n) is 2.58. The van der Waals surface area contributed by atoms with Crippen LogP contribution in [0.4, 0.5) is 16.5 Å². The van der Waals surface area contributed by atoms with E-state index < -0.39 is 10.8 Å². The van der Waals surface area contributed by atoms with E-state index in [4.69, 9.17) is 0 Å². The number of para-hydroxylation sites is 1. The normalized spacial score (nSPS) is 10.2. The maximum Gasteiger partial charge on any atom is 0.305 e. The van der Waals surface area contributed by atoms with E-state index in [2.05, 4.69) is 20.0 Å². The van der Waals surface area contributed by atoms with Gasteiger partial charge >= 0.3 is 5.69 Å². The van der Waals surface area contributed by atoms with Crippen molar-refractivity contribution in [3.8, 4) is 0 Å². The van der Waals surface area contributed by atoms with Crippen molar-refractivity contribution >= 4 is 33.9 Å². The third kappa shape index (κ3) is 3.31. The smallest absolute Gasteiger partial charge is 0.305 e. The van der Waals surface area contributed by atoms with E-state index in [1.165, 1.54) is 6.07 Å². The molecule has 0 aliphatic heterocycles. The standard InChI is InChI=1S/C12H13N5O3S/c1-3-13-9-6-4-5-8(10(9)17(19)20)11(18)15-12-14-7(2)16-21-12/h4-6,13H,3H2,1-2H3,(H,14,15,16,18). The SMILES string of the molecule is CCNc1cccc(C(=O)Nc2nc(C)ns2)c1[N+](=O)[O-]. The first-order valence-electron chi connectivity index (χ1n) is 6.16. The molecular weight excluding hydrogens is 294 g/mol. The number of carbonyl (C=O) groups is 1. The summed E-state index contributed by atoms with van der Waals surface area (Å²) in [7, 11) is 0. The number of nitro groups is 1. The molecule has 21 heavy (non-hydrogen) atoms. The van der Waals surface area contributed by atoms with E-state index in [0.717, 1.165) is 11.5 Å². The van der Waals surface area contributed by atoms with Gasteiger partial charge in [-0.15, -0.1) is 0 Å². The molecule has 0 atom stereocenters. The lowest BCUT2D eigenvalue weighted by molar-refractivity contribution is -0.384. The highest BCUT2D eigenvalue weighted by atomic mass is 32.1. The van der Waals surface area contributed by atoms with Crippen LogP contribution in [0.1, 0.15) is 23.1 Å². The Balaban J connectivity index is 2.35. The van der Waals surface area contributed by atoms with Gasteiger partial charge < -0.3 is 5.32 Å². The van der Waals surface area contributed by atoms with Crippen molar-refractivity contribution in [1.82, 2.24) is 9.36 Å². The Hall–Kier alpha value is -2.55. The summed E-state index contributed by atoms with van der Waals surface area (Å²) in [5.41, 5.74) is 0.0352. The number of aromatic nitrogens is 2. The van der Waals surface area contributed by atoms with E-state index in [9.17, 15) is 14.9 Å². The molecule has 0 saturated carbocycles. The van der Waals surface area contributed by atoms with E-state index in [1.54, 1.807) is 19.1 Å². The van der Waals surface area contributed by atoms with Gasteiger partial charge in [-0.25, -0.2) is 4.98 Å². The summed E-state index contributed by atoms with van der Waals surface area (Å²) < 4.78 is 3.94. The van der Waals surface area contributed by atoms with Gasteiger partial charge in [0.1, 0.15) is 17.1 Å². The molecule has 8 nitrogen and oxygen atoms in total. The lowest BCUT2D eigenvalue weighted by atomic mass is 10.1. The minimum absolute atomic E-state index is 0.0219. The van der Waals surface area contributed by atoms with Crippen LogP contribution in [0, 0.1) is 17.0 Å². The Morgan fingerprint density at radius 3 is 2.81 bits per heavy atom. The average molecular weight is 307 g/mol. The summed E-state index contributed by atoms with van der Waals surface area (Å²) in [4.78, 5) is 26.9. The molecule has 2 aromatic rings. The Labute approximate surface area is 124 Å². The third-order valence-corrected chi connectivity index (χ3v) is 3.30. The zero-order valence-electron chi connectivity index (χ0n) is 11.4. The number of benzene rings is 1. The number of carbonyl (C=O) groups excluding carboxylic acids is 1. The summed E-state index contributed by atoms with van der Waals surface area (Å²) in [6.45, 7) is 4.03. The van der Waals surface area contributed by atoms with Crippen molar-refractivity contribution < 1.29 is 9.72 Å². The largest absolute Gasteiger partial charge is 0.380 e. The fraction of sp³-hybridized carbons (Fsp3) is 0.250. The monoisotopic (exact) mass is 307 g/mol. The lowest BCUT2D eigenvalue weighted by Gasteiger charge is -2.08. The topological polar surface area (TPSA) is 110 Å². The molecular formula is C12H13N5O3S. The summed E-state index contributed by atoms with van der Waals surface area (Å²) in [6, 6.07) is 4.56. The van der Waals surface area contributed by atoms with Crippen molar-refractivity contribution in [2.45, 2.75) is 13.8 Å². The molecule has 1 aromatic carbocycles. The van der Waals surface area contributed by atoms with E-state index >= 15 is 0 Å². The summed E-state index contributed by atoms with van der Waals surface area (Å²) in [5.74, 6) is -0.0520. The molecule has 0 spiro atoms. The zero-order chi connectivity index (χ0) is 15.4. The van der Waals surface area contributed by atoms with E-state index in [-0.39, 0.29) is 11.3 Å². The highest BCUT2D eigenvalue weighted by Gasteiger charge is 2.24. The van der Waals surface area contributed by atoms with Gasteiger partial charge in [-0.05, 0) is 26.0 Å². The van der Waals surface area contributed by atoms with Crippen LogP contribution in [0.25, 0.3) is 0 Å². The first-order valence-corrected chi connectivity index (χ1v) is 6.93. The molecule has 2 N–H and O–H groups in total. The van der Waals surface area contributed by atoms with Gasteiger partial charge in [0, 0.05) is 18.1 Å². The predicted molar refractivity (Wildman–Crippen MR) is 79.9 cm³/mol. The number of anilines is 2. The van der Waals surface area contributed by atoms with Crippen LogP contribution in [0.2, 0.25) is 0 Å². The molecule has 0 saturated heterocycles. The lowest BCUT2D eigenvalue weighted by Crippen LogP contribution is -2.15. The maximum absolute atomic E-state index is 12.2. The Morgan fingerprint density at radius 1 is 1.48 bits per heavy atom. The zero-order valence-corrected chi connectivity index (χ0v) is 12.2. The fourth-order valence-corrected chi connectivity index (χ4v) is 2.34. The van der Waals surface area contributed by atoms with E-state index in [0.29, 0.717) is 23.2 Å². The highest BCUT2D eigenvalue weighted by Crippen LogP contribution is 2.29. The molecule has 0 bridgehead atoms. The van der Waals surface area contributed by atoms with Crippen LogP contribution < -0.4 is 10.6 Å². The number of rotatable bonds is 5. The molecule has 0 fully saturated rings. The van der Waals surface area contributed by atoms with Crippen molar-refractivity contribution in [3.05, 3.63) is 39.7 Å². The van der Waals surface area contributed by atoms with Crippen LogP contribution in [0.5, 0.6) is 0 Å². The van der Waals surface area contributed by atoms with Gasteiger partial charge in [-0.3, -0.25) is 20.2 Å². The van der Waals surface area contributed by atoms with Crippen LogP contribution >= 0.6 is 11.5 Å². The average Bonchev–Trinajstić information content (AvgIpc) is 2.84. The fourth-order valence-electron chi connectivity index (χ4n) is 1.77. The molecule has 110 valence electrons. The molecule has 1 aromatic heterocycles. The number of hydrogen-bond donors (Lipinski definition) is 2. The second kappa shape index (κ2) is 6.27. The van der Waals surface area contributed by atoms with Crippen LogP contribution in [0.15, 0.2) is 18.2 Å². The first-order chi connectivity index (χ1) is 10.0. The molecule has 0 aliphatic rings. The molecule has 2 rings (SSSR count). The maximum atomic E-state index is 12.2. The Morgan fingerprint density at radius 2 is 2.24 bits per heavy atom. The molecule has 9 heteroatoms. The summed E-state index contributed by atoms with van der Waals surface area (Å²) >= 11 is 1.02. The van der Waals surface area contributed by atoms with E-state index in [1.807, 2.05) is 6.92 Å². The van der Waals surface area contributed by atoms with Crippen molar-refractivity contribution in [3.63, 3.8) is 0 Å². The first kappa shape index (κ1) is 14.9. The van der Waals surface area contributed by atoms with Crippen LogP contribution in [-0.4, -0.2) is 26.7 Å². The summed E-state index contributed by atoms with van der Waals surface area (Å²) in [5, 5.41) is 16.9. The predicted octanol–water partition coefficient (Wildman–Crippen LogP) is 2.44. The minimum atomic E-state index is -0.586. The van der Waals surface area contributed by atoms with Crippen molar-refractivity contribution in [2.24, 2.45) is 0 Å². The van der Waals surface area contributed by atoms with Gasteiger partial charge in [-0.1, -0.05) is 6.07 Å². The van der Waals surface area contributed by atoms with Gasteiger partial charge in [0.05, 0.1) is 4.92 Å². The second-order valence-corrected chi connectivity index (χ2v) is 4.84. The Kier molecular flexibility index (Phi) is 4.43. The number of aryl methyl sites for hydroxylation is 1. The number of nitrogens with zero attached hydrogens (tertiary/aromatic N) is 3. The van der Waals surface area contributed by atoms with Crippen molar-refractivity contribution in [2.75, 3.05) is 17.2 Å². The molecule has 0 aliphatic carbocycles. The quantitative estimate of drug-likeness (QED) is 0.648. The Bertz CT molecular complexity index is 685. The van der Waals surface area contributed by atoms with Crippen LogP contribution in [-0.2, 0) is 0 Å². The van der Waals surface area contributed by atoms with Crippen LogP contribution in [0.3, 0.4) is 0 Å². The minimum Gasteiger partial charge on any atom is -0.380 e. The number of amides is 1. The molecule has 1 heterocycles. The van der Waals surface area contributed by atoms with Crippen molar-refractivity contribution in [1.29, 1.82) is 0 Å². The van der Waals surface area contributed by atoms with Gasteiger partial charge in [-0.2, -0.15) is 4.37 Å². The molecule has 1 amide bonds. The molecule has 0 unspecified atom stereocenters. The second-order valence-electron chi connectivity index (χ2n) is 4.09. The van der Waals surface area contributed by atoms with Gasteiger partial charge in [0.15, 0.2) is 0 Å². The summed E-state index contributed by atoms with van der Waals surface area (Å²) in [6.07, 6.45) is 0. The number of nitrogens with one attached hydrogen (secondary N) is 2. The molecule has 0 radical (unpaired) electrons. The highest BCUT2D eigenvalue weighted by molar-refractivity contribution is 7.09.